The molecule has 1 N–H and O–H groups in total. The SMILES string of the molecule is Cc1cccc(C)c1NC(=O)c1cn2c3c(cccc3c1=O)CCC2. The second-order valence-electron chi connectivity index (χ2n) is 6.70. The lowest BCUT2D eigenvalue weighted by molar-refractivity contribution is 0.102. The fourth-order valence-corrected chi connectivity index (χ4v) is 3.71. The van der Waals surface area contributed by atoms with Crippen LogP contribution in [0, 0.1) is 13.8 Å². The Labute approximate surface area is 146 Å². The zero-order valence-electron chi connectivity index (χ0n) is 14.4. The predicted octanol–water partition coefficient (Wildman–Crippen LogP) is 3.82. The zero-order valence-corrected chi connectivity index (χ0v) is 14.4. The fourth-order valence-electron chi connectivity index (χ4n) is 3.71. The second kappa shape index (κ2) is 5.88. The molecular formula is C21H20N2O2. The number of nitrogens with zero attached hydrogens (tertiary/aromatic N) is 1. The molecule has 1 amide bonds. The van der Waals surface area contributed by atoms with Crippen LogP contribution in [0.1, 0.15) is 33.5 Å². The summed E-state index contributed by atoms with van der Waals surface area (Å²) >= 11 is 0. The van der Waals surface area contributed by atoms with Crippen molar-refractivity contribution in [1.29, 1.82) is 0 Å². The standard InChI is InChI=1S/C21H20N2O2/c1-13-6-3-7-14(2)18(13)22-21(25)17-12-23-11-5-9-15-8-4-10-16(19(15)23)20(17)24/h3-4,6-8,10,12H,5,9,11H2,1-2H3,(H,22,25). The highest BCUT2D eigenvalue weighted by Crippen LogP contribution is 2.24. The molecule has 4 rings (SSSR count). The van der Waals surface area contributed by atoms with Gasteiger partial charge in [0.1, 0.15) is 5.56 Å². The first-order valence-corrected chi connectivity index (χ1v) is 8.59. The van der Waals surface area contributed by atoms with Crippen molar-refractivity contribution in [3.63, 3.8) is 0 Å². The molecule has 0 spiro atoms. The van der Waals surface area contributed by atoms with Gasteiger partial charge in [0, 0.05) is 23.8 Å². The van der Waals surface area contributed by atoms with Crippen molar-refractivity contribution < 1.29 is 4.79 Å². The van der Waals surface area contributed by atoms with Crippen molar-refractivity contribution in [3.8, 4) is 0 Å². The summed E-state index contributed by atoms with van der Waals surface area (Å²) in [5.41, 5.74) is 4.91. The van der Waals surface area contributed by atoms with Crippen molar-refractivity contribution in [3.05, 3.63) is 75.1 Å². The summed E-state index contributed by atoms with van der Waals surface area (Å²) in [7, 11) is 0. The van der Waals surface area contributed by atoms with E-state index in [-0.39, 0.29) is 16.9 Å². The van der Waals surface area contributed by atoms with Crippen molar-refractivity contribution >= 4 is 22.5 Å². The summed E-state index contributed by atoms with van der Waals surface area (Å²) in [5.74, 6) is -0.343. The van der Waals surface area contributed by atoms with Crippen LogP contribution in [0.5, 0.6) is 0 Å². The smallest absolute Gasteiger partial charge is 0.261 e. The Kier molecular flexibility index (Phi) is 3.68. The molecule has 0 atom stereocenters. The minimum absolute atomic E-state index is 0.196. The van der Waals surface area contributed by atoms with Crippen LogP contribution >= 0.6 is 0 Å². The lowest BCUT2D eigenvalue weighted by atomic mass is 9.99. The molecule has 0 radical (unpaired) electrons. The molecule has 1 aliphatic heterocycles. The van der Waals surface area contributed by atoms with Gasteiger partial charge in [0.05, 0.1) is 5.52 Å². The van der Waals surface area contributed by atoms with Gasteiger partial charge >= 0.3 is 0 Å². The van der Waals surface area contributed by atoms with Crippen molar-refractivity contribution in [2.24, 2.45) is 0 Å². The Balaban J connectivity index is 1.84. The van der Waals surface area contributed by atoms with Gasteiger partial charge in [-0.3, -0.25) is 9.59 Å². The number of hydrogen-bond donors (Lipinski definition) is 1. The number of carbonyl (C=O) groups is 1. The van der Waals surface area contributed by atoms with Crippen molar-refractivity contribution in [1.82, 2.24) is 4.57 Å². The fraction of sp³-hybridized carbons (Fsp3) is 0.238. The van der Waals surface area contributed by atoms with E-state index in [1.807, 2.05) is 44.2 Å². The number of rotatable bonds is 2. The maximum Gasteiger partial charge on any atom is 0.261 e. The molecule has 4 heteroatoms. The number of carbonyl (C=O) groups excluding carboxylic acids is 1. The number of nitrogens with one attached hydrogen (secondary N) is 1. The summed E-state index contributed by atoms with van der Waals surface area (Å²) in [6.07, 6.45) is 3.72. The topological polar surface area (TPSA) is 51.1 Å². The molecule has 1 aliphatic rings. The highest BCUT2D eigenvalue weighted by atomic mass is 16.2. The first kappa shape index (κ1) is 15.6. The number of anilines is 1. The van der Waals surface area contributed by atoms with Crippen molar-refractivity contribution in [2.75, 3.05) is 5.32 Å². The third-order valence-electron chi connectivity index (χ3n) is 4.99. The normalized spacial score (nSPS) is 13.0. The number of para-hydroxylation sites is 2. The first-order chi connectivity index (χ1) is 12.1. The van der Waals surface area contributed by atoms with E-state index in [1.54, 1.807) is 6.20 Å². The molecule has 0 unspecified atom stereocenters. The summed E-state index contributed by atoms with van der Waals surface area (Å²) in [6.45, 7) is 4.73. The van der Waals surface area contributed by atoms with E-state index in [0.29, 0.717) is 5.39 Å². The van der Waals surface area contributed by atoms with Gasteiger partial charge in [-0.1, -0.05) is 30.3 Å². The van der Waals surface area contributed by atoms with Crippen LogP contribution in [0.25, 0.3) is 10.9 Å². The minimum atomic E-state index is -0.343. The quantitative estimate of drug-likeness (QED) is 0.776. The molecule has 126 valence electrons. The second-order valence-corrected chi connectivity index (χ2v) is 6.70. The summed E-state index contributed by atoms with van der Waals surface area (Å²) in [5, 5.41) is 3.56. The Morgan fingerprint density at radius 3 is 2.56 bits per heavy atom. The third kappa shape index (κ3) is 2.54. The zero-order chi connectivity index (χ0) is 17.6. The van der Waals surface area contributed by atoms with Gasteiger partial charge < -0.3 is 9.88 Å². The van der Waals surface area contributed by atoms with Gasteiger partial charge in [0.25, 0.3) is 5.91 Å². The van der Waals surface area contributed by atoms with E-state index >= 15 is 0 Å². The third-order valence-corrected chi connectivity index (χ3v) is 4.99. The van der Waals surface area contributed by atoms with E-state index in [1.165, 1.54) is 5.56 Å². The van der Waals surface area contributed by atoms with Crippen molar-refractivity contribution in [2.45, 2.75) is 33.2 Å². The van der Waals surface area contributed by atoms with Crippen LogP contribution in [-0.2, 0) is 13.0 Å². The van der Waals surface area contributed by atoms with Crippen LogP contribution in [0.4, 0.5) is 5.69 Å². The Morgan fingerprint density at radius 2 is 1.80 bits per heavy atom. The highest BCUT2D eigenvalue weighted by molar-refractivity contribution is 6.06. The molecule has 3 aromatic rings. The van der Waals surface area contributed by atoms with Crippen LogP contribution in [0.15, 0.2) is 47.4 Å². The number of amides is 1. The monoisotopic (exact) mass is 332 g/mol. The van der Waals surface area contributed by atoms with Gasteiger partial charge in [0.2, 0.25) is 5.43 Å². The predicted molar refractivity (Wildman–Crippen MR) is 100 cm³/mol. The van der Waals surface area contributed by atoms with E-state index in [2.05, 4.69) is 16.0 Å². The largest absolute Gasteiger partial charge is 0.346 e. The molecule has 0 aliphatic carbocycles. The molecule has 4 nitrogen and oxygen atoms in total. The maximum atomic E-state index is 12.9. The molecule has 2 aromatic carbocycles. The Morgan fingerprint density at radius 1 is 1.08 bits per heavy atom. The number of aryl methyl sites for hydroxylation is 4. The van der Waals surface area contributed by atoms with Gasteiger partial charge in [-0.15, -0.1) is 0 Å². The molecule has 0 fully saturated rings. The molecule has 0 bridgehead atoms. The Hall–Kier alpha value is -2.88. The van der Waals surface area contributed by atoms with E-state index in [9.17, 15) is 9.59 Å². The van der Waals surface area contributed by atoms with Crippen LogP contribution < -0.4 is 10.7 Å². The van der Waals surface area contributed by atoms with E-state index < -0.39 is 0 Å². The van der Waals surface area contributed by atoms with Gasteiger partial charge in [-0.05, 0) is 49.4 Å². The summed E-state index contributed by atoms with van der Waals surface area (Å²) in [4.78, 5) is 25.7. The van der Waals surface area contributed by atoms with Crippen LogP contribution in [-0.4, -0.2) is 10.5 Å². The summed E-state index contributed by atoms with van der Waals surface area (Å²) < 4.78 is 2.05. The van der Waals surface area contributed by atoms with Gasteiger partial charge in [0.15, 0.2) is 0 Å². The maximum absolute atomic E-state index is 12.9. The average Bonchev–Trinajstić information content (AvgIpc) is 2.61. The summed E-state index contributed by atoms with van der Waals surface area (Å²) in [6, 6.07) is 11.6. The van der Waals surface area contributed by atoms with E-state index in [4.69, 9.17) is 0 Å². The highest BCUT2D eigenvalue weighted by Gasteiger charge is 2.20. The molecule has 0 saturated heterocycles. The number of hydrogen-bond acceptors (Lipinski definition) is 2. The molecule has 2 heterocycles. The number of benzene rings is 2. The number of pyridine rings is 1. The minimum Gasteiger partial charge on any atom is -0.346 e. The lowest BCUT2D eigenvalue weighted by Crippen LogP contribution is -2.26. The first-order valence-electron chi connectivity index (χ1n) is 8.59. The average molecular weight is 332 g/mol. The van der Waals surface area contributed by atoms with Gasteiger partial charge in [-0.2, -0.15) is 0 Å². The molecule has 0 saturated carbocycles. The number of aromatic nitrogens is 1. The lowest BCUT2D eigenvalue weighted by Gasteiger charge is -2.21. The Bertz CT molecular complexity index is 1040. The van der Waals surface area contributed by atoms with E-state index in [0.717, 1.165) is 41.7 Å². The van der Waals surface area contributed by atoms with Gasteiger partial charge in [-0.25, -0.2) is 0 Å². The van der Waals surface area contributed by atoms with Crippen LogP contribution in [0.2, 0.25) is 0 Å². The molecular weight excluding hydrogens is 312 g/mol. The molecule has 25 heavy (non-hydrogen) atoms. The molecule has 1 aromatic heterocycles. The van der Waals surface area contributed by atoms with Crippen LogP contribution in [0.3, 0.4) is 0 Å².